The van der Waals surface area contributed by atoms with Gasteiger partial charge in [-0.2, -0.15) is 0 Å². The molecule has 0 aliphatic carbocycles. The number of rotatable bonds is 4. The third-order valence-electron chi connectivity index (χ3n) is 2.58. The zero-order chi connectivity index (χ0) is 11.4. The number of nitrogens with zero attached hydrogens (tertiary/aromatic N) is 4. The molecule has 0 aromatic carbocycles. The normalized spacial score (nSPS) is 17.5. The van der Waals surface area contributed by atoms with Crippen LogP contribution in [0.3, 0.4) is 0 Å². The molecule has 7 heteroatoms. The van der Waals surface area contributed by atoms with Crippen molar-refractivity contribution in [2.75, 3.05) is 32.8 Å². The van der Waals surface area contributed by atoms with E-state index in [0.29, 0.717) is 0 Å². The molecule has 1 aromatic rings. The quantitative estimate of drug-likeness (QED) is 0.538. The summed E-state index contributed by atoms with van der Waals surface area (Å²) in [6.07, 6.45) is 2.96. The number of imidazole rings is 1. The van der Waals surface area contributed by atoms with Crippen molar-refractivity contribution in [1.29, 1.82) is 0 Å². The Morgan fingerprint density at radius 2 is 2.19 bits per heavy atom. The van der Waals surface area contributed by atoms with Crippen molar-refractivity contribution in [3.8, 4) is 0 Å². The van der Waals surface area contributed by atoms with Gasteiger partial charge >= 0.3 is 5.82 Å². The highest BCUT2D eigenvalue weighted by molar-refractivity contribution is 5.12. The maximum atomic E-state index is 10.4. The van der Waals surface area contributed by atoms with Gasteiger partial charge in [-0.1, -0.05) is 0 Å². The summed E-state index contributed by atoms with van der Waals surface area (Å²) in [6, 6.07) is 0. The van der Waals surface area contributed by atoms with Crippen molar-refractivity contribution in [2.45, 2.75) is 6.54 Å². The first kappa shape index (κ1) is 11.0. The number of hydrogen-bond donors (Lipinski definition) is 0. The van der Waals surface area contributed by atoms with Crippen molar-refractivity contribution in [1.82, 2.24) is 14.5 Å². The highest BCUT2D eigenvalue weighted by atomic mass is 16.6. The molecule has 0 atom stereocenters. The Labute approximate surface area is 92.8 Å². The van der Waals surface area contributed by atoms with Crippen LogP contribution in [0.2, 0.25) is 0 Å². The molecule has 1 saturated heterocycles. The van der Waals surface area contributed by atoms with Crippen LogP contribution in [0.4, 0.5) is 5.82 Å². The van der Waals surface area contributed by atoms with E-state index in [2.05, 4.69) is 9.88 Å². The van der Waals surface area contributed by atoms with Gasteiger partial charge in [0.2, 0.25) is 6.33 Å². The molecule has 0 radical (unpaired) electrons. The maximum Gasteiger partial charge on any atom is 0.381 e. The fourth-order valence-corrected chi connectivity index (χ4v) is 1.65. The Balaban J connectivity index is 1.81. The molecule has 16 heavy (non-hydrogen) atoms. The third-order valence-corrected chi connectivity index (χ3v) is 2.58. The molecular formula is C9H14N4O3. The van der Waals surface area contributed by atoms with Crippen molar-refractivity contribution in [3.63, 3.8) is 0 Å². The average molecular weight is 226 g/mol. The Bertz CT molecular complexity index is 359. The monoisotopic (exact) mass is 226 g/mol. The first-order valence-electron chi connectivity index (χ1n) is 5.22. The van der Waals surface area contributed by atoms with Crippen molar-refractivity contribution in [3.05, 3.63) is 22.6 Å². The van der Waals surface area contributed by atoms with Gasteiger partial charge in [0, 0.05) is 26.2 Å². The van der Waals surface area contributed by atoms with E-state index in [0.717, 1.165) is 39.4 Å². The molecule has 1 fully saturated rings. The van der Waals surface area contributed by atoms with Crippen LogP contribution < -0.4 is 0 Å². The number of ether oxygens (including phenoxy) is 1. The SMILES string of the molecule is O=[N+]([O-])c1cn(CCN2CCOCC2)cn1. The summed E-state index contributed by atoms with van der Waals surface area (Å²) in [7, 11) is 0. The number of aromatic nitrogens is 2. The van der Waals surface area contributed by atoms with Gasteiger partial charge in [0.25, 0.3) is 0 Å². The molecule has 1 aliphatic heterocycles. The minimum atomic E-state index is -0.481. The second-order valence-electron chi connectivity index (χ2n) is 3.68. The summed E-state index contributed by atoms with van der Waals surface area (Å²) in [6.45, 7) is 4.99. The van der Waals surface area contributed by atoms with Crippen molar-refractivity contribution >= 4 is 5.82 Å². The zero-order valence-electron chi connectivity index (χ0n) is 8.91. The largest absolute Gasteiger partial charge is 0.381 e. The van der Waals surface area contributed by atoms with E-state index in [-0.39, 0.29) is 5.82 Å². The Hall–Kier alpha value is -1.47. The lowest BCUT2D eigenvalue weighted by atomic mass is 10.4. The number of nitro groups is 1. The topological polar surface area (TPSA) is 73.4 Å². The molecule has 2 rings (SSSR count). The van der Waals surface area contributed by atoms with Crippen LogP contribution in [0, 0.1) is 10.1 Å². The van der Waals surface area contributed by atoms with Gasteiger partial charge in [-0.05, 0) is 9.91 Å². The summed E-state index contributed by atoms with van der Waals surface area (Å²) in [5.74, 6) is -0.0954. The van der Waals surface area contributed by atoms with Crippen LogP contribution in [-0.2, 0) is 11.3 Å². The van der Waals surface area contributed by atoms with Gasteiger partial charge in [0.15, 0.2) is 0 Å². The van der Waals surface area contributed by atoms with E-state index in [1.807, 2.05) is 0 Å². The van der Waals surface area contributed by atoms with E-state index in [4.69, 9.17) is 4.74 Å². The van der Waals surface area contributed by atoms with Crippen LogP contribution in [0.5, 0.6) is 0 Å². The second-order valence-corrected chi connectivity index (χ2v) is 3.68. The minimum absolute atomic E-state index is 0.0954. The van der Waals surface area contributed by atoms with Crippen LogP contribution in [0.15, 0.2) is 12.5 Å². The van der Waals surface area contributed by atoms with Crippen LogP contribution in [0.25, 0.3) is 0 Å². The molecule has 0 amide bonds. The van der Waals surface area contributed by atoms with Crippen molar-refractivity contribution in [2.24, 2.45) is 0 Å². The Kier molecular flexibility index (Phi) is 3.47. The predicted molar refractivity (Wildman–Crippen MR) is 56.1 cm³/mol. The minimum Gasteiger partial charge on any atom is -0.379 e. The van der Waals surface area contributed by atoms with Crippen LogP contribution >= 0.6 is 0 Å². The fourth-order valence-electron chi connectivity index (χ4n) is 1.65. The van der Waals surface area contributed by atoms with Gasteiger partial charge in [-0.3, -0.25) is 4.90 Å². The Morgan fingerprint density at radius 1 is 1.44 bits per heavy atom. The highest BCUT2D eigenvalue weighted by Gasteiger charge is 2.12. The summed E-state index contributed by atoms with van der Waals surface area (Å²) in [4.78, 5) is 15.9. The summed E-state index contributed by atoms with van der Waals surface area (Å²) in [5, 5.41) is 10.4. The predicted octanol–water partition coefficient (Wildman–Crippen LogP) is 0.123. The molecule has 2 heterocycles. The lowest BCUT2D eigenvalue weighted by Crippen LogP contribution is -2.38. The molecule has 0 N–H and O–H groups in total. The lowest BCUT2D eigenvalue weighted by molar-refractivity contribution is -0.389. The van der Waals surface area contributed by atoms with Crippen LogP contribution in [-0.4, -0.2) is 52.2 Å². The molecule has 0 unspecified atom stereocenters. The molecule has 1 aliphatic rings. The first-order chi connectivity index (χ1) is 7.75. The van der Waals surface area contributed by atoms with E-state index >= 15 is 0 Å². The molecule has 88 valence electrons. The van der Waals surface area contributed by atoms with Gasteiger partial charge in [0.1, 0.15) is 6.20 Å². The van der Waals surface area contributed by atoms with E-state index < -0.39 is 4.92 Å². The number of hydrogen-bond acceptors (Lipinski definition) is 5. The van der Waals surface area contributed by atoms with Crippen molar-refractivity contribution < 1.29 is 9.66 Å². The average Bonchev–Trinajstić information content (AvgIpc) is 2.76. The molecule has 0 saturated carbocycles. The third kappa shape index (κ3) is 2.77. The van der Waals surface area contributed by atoms with E-state index in [1.165, 1.54) is 12.5 Å². The second kappa shape index (κ2) is 5.04. The molecular weight excluding hydrogens is 212 g/mol. The molecule has 0 bridgehead atoms. The summed E-state index contributed by atoms with van der Waals surface area (Å²) < 4.78 is 6.98. The molecule has 7 nitrogen and oxygen atoms in total. The highest BCUT2D eigenvalue weighted by Crippen LogP contribution is 2.06. The van der Waals surface area contributed by atoms with Crippen LogP contribution in [0.1, 0.15) is 0 Å². The van der Waals surface area contributed by atoms with E-state index in [9.17, 15) is 10.1 Å². The molecule has 0 spiro atoms. The van der Waals surface area contributed by atoms with Gasteiger partial charge < -0.3 is 19.4 Å². The van der Waals surface area contributed by atoms with Gasteiger partial charge in [-0.15, -0.1) is 0 Å². The summed E-state index contributed by atoms with van der Waals surface area (Å²) >= 11 is 0. The first-order valence-corrected chi connectivity index (χ1v) is 5.22. The Morgan fingerprint density at radius 3 is 2.81 bits per heavy atom. The standard InChI is InChI=1S/C9H14N4O3/c14-13(15)9-7-12(8-10-9)2-1-11-3-5-16-6-4-11/h7-8H,1-6H2. The maximum absolute atomic E-state index is 10.4. The number of morpholine rings is 1. The fraction of sp³-hybridized carbons (Fsp3) is 0.667. The smallest absolute Gasteiger partial charge is 0.379 e. The van der Waals surface area contributed by atoms with Gasteiger partial charge in [0.05, 0.1) is 13.2 Å². The lowest BCUT2D eigenvalue weighted by Gasteiger charge is -2.26. The molecule has 1 aromatic heterocycles. The van der Waals surface area contributed by atoms with Gasteiger partial charge in [-0.25, -0.2) is 0 Å². The summed E-state index contributed by atoms with van der Waals surface area (Å²) in [5.41, 5.74) is 0. The zero-order valence-corrected chi connectivity index (χ0v) is 8.91. The van der Waals surface area contributed by atoms with E-state index in [1.54, 1.807) is 4.57 Å².